The van der Waals surface area contributed by atoms with Crippen molar-refractivity contribution in [3.05, 3.63) is 23.8 Å². The largest absolute Gasteiger partial charge is 0.482 e. The highest BCUT2D eigenvalue weighted by Crippen LogP contribution is 2.30. The molecule has 2 N–H and O–H groups in total. The third-order valence-corrected chi connectivity index (χ3v) is 6.41. The molecule has 0 saturated carbocycles. The van der Waals surface area contributed by atoms with E-state index in [4.69, 9.17) is 4.74 Å². The molecule has 1 aromatic carbocycles. The van der Waals surface area contributed by atoms with E-state index in [0.29, 0.717) is 36.4 Å². The summed E-state index contributed by atoms with van der Waals surface area (Å²) in [5.74, 6) is 1.23. The topological polar surface area (TPSA) is 87.7 Å². The Kier molecular flexibility index (Phi) is 7.86. The number of ether oxygens (including phenoxy) is 1. The summed E-state index contributed by atoms with van der Waals surface area (Å²) < 4.78 is 35.7. The van der Waals surface area contributed by atoms with Crippen molar-refractivity contribution in [3.8, 4) is 5.75 Å². The molecule has 1 aliphatic heterocycles. The normalized spacial score (nSPS) is 15.5. The van der Waals surface area contributed by atoms with Gasteiger partial charge in [-0.15, -0.1) is 0 Å². The molecule has 1 unspecified atom stereocenters. The van der Waals surface area contributed by atoms with Crippen LogP contribution in [-0.2, 0) is 15.0 Å². The zero-order valence-electron chi connectivity index (χ0n) is 17.5. The Morgan fingerprint density at radius 3 is 2.29 bits per heavy atom. The highest BCUT2D eigenvalue weighted by molar-refractivity contribution is 7.87. The highest BCUT2D eigenvalue weighted by atomic mass is 32.2. The summed E-state index contributed by atoms with van der Waals surface area (Å²) >= 11 is 0. The van der Waals surface area contributed by atoms with Gasteiger partial charge in [-0.05, 0) is 49.3 Å². The highest BCUT2D eigenvalue weighted by Gasteiger charge is 2.25. The summed E-state index contributed by atoms with van der Waals surface area (Å²) in [6.45, 7) is 11.2. The summed E-state index contributed by atoms with van der Waals surface area (Å²) in [4.78, 5) is 11.5. The smallest absolute Gasteiger partial charge is 0.279 e. The molecule has 0 saturated heterocycles. The summed E-state index contributed by atoms with van der Waals surface area (Å²) in [6, 6.07) is 4.89. The second-order valence-electron chi connectivity index (χ2n) is 8.20. The van der Waals surface area contributed by atoms with Gasteiger partial charge in [-0.2, -0.15) is 17.4 Å². The van der Waals surface area contributed by atoms with Gasteiger partial charge in [0, 0.05) is 19.1 Å². The van der Waals surface area contributed by atoms with Crippen molar-refractivity contribution in [1.29, 1.82) is 0 Å². The predicted molar refractivity (Wildman–Crippen MR) is 112 cm³/mol. The maximum absolute atomic E-state index is 13.0. The second kappa shape index (κ2) is 9.71. The van der Waals surface area contributed by atoms with Crippen molar-refractivity contribution < 1.29 is 17.9 Å². The summed E-state index contributed by atoms with van der Waals surface area (Å²) in [6.07, 6.45) is 1.63. The molecule has 1 aliphatic rings. The third kappa shape index (κ3) is 6.46. The van der Waals surface area contributed by atoms with E-state index in [1.807, 2.05) is 6.07 Å². The van der Waals surface area contributed by atoms with Gasteiger partial charge in [0.05, 0.1) is 5.69 Å². The number of anilines is 1. The molecule has 0 aromatic heterocycles. The fourth-order valence-corrected chi connectivity index (χ4v) is 4.32. The van der Waals surface area contributed by atoms with Crippen LogP contribution in [0.15, 0.2) is 18.2 Å². The van der Waals surface area contributed by atoms with Gasteiger partial charge in [-0.3, -0.25) is 4.79 Å². The zero-order chi connectivity index (χ0) is 20.9. The van der Waals surface area contributed by atoms with Gasteiger partial charge in [0.2, 0.25) is 0 Å². The van der Waals surface area contributed by atoms with Crippen LogP contribution in [0.5, 0.6) is 5.75 Å². The lowest BCUT2D eigenvalue weighted by Crippen LogP contribution is -2.43. The number of hydrogen-bond donors (Lipinski definition) is 2. The number of carbonyl (C=O) groups excluding carboxylic acids is 1. The molecule has 0 fully saturated rings. The summed E-state index contributed by atoms with van der Waals surface area (Å²) in [5, 5.41) is 2.75. The monoisotopic (exact) mass is 411 g/mol. The Labute approximate surface area is 169 Å². The molecule has 1 amide bonds. The molecule has 0 radical (unpaired) electrons. The van der Waals surface area contributed by atoms with Gasteiger partial charge < -0.3 is 10.1 Å². The Morgan fingerprint density at radius 1 is 1.11 bits per heavy atom. The number of rotatable bonds is 10. The molecular formula is C20H33N3O4S. The summed E-state index contributed by atoms with van der Waals surface area (Å²) in [7, 11) is -3.63. The molecule has 1 heterocycles. The van der Waals surface area contributed by atoms with Crippen molar-refractivity contribution >= 4 is 21.8 Å². The number of hydrogen-bond acceptors (Lipinski definition) is 4. The van der Waals surface area contributed by atoms with Crippen molar-refractivity contribution in [2.75, 3.05) is 25.0 Å². The molecule has 0 spiro atoms. The van der Waals surface area contributed by atoms with E-state index < -0.39 is 16.3 Å². The fraction of sp³-hybridized carbons (Fsp3) is 0.650. The quantitative estimate of drug-likeness (QED) is 0.618. The van der Waals surface area contributed by atoms with Gasteiger partial charge in [0.15, 0.2) is 6.61 Å². The van der Waals surface area contributed by atoms with Crippen molar-refractivity contribution in [1.82, 2.24) is 9.03 Å². The molecule has 1 aromatic rings. The Balaban J connectivity index is 2.12. The molecule has 8 heteroatoms. The SMILES string of the molecule is CC(C)CCN(CCC(C)C)S(=O)(=O)NC(C)c1ccc2c(c1)NC(=O)CO2. The van der Waals surface area contributed by atoms with Gasteiger partial charge in [-0.1, -0.05) is 33.8 Å². The zero-order valence-corrected chi connectivity index (χ0v) is 18.3. The average molecular weight is 412 g/mol. The van der Waals surface area contributed by atoms with Crippen LogP contribution < -0.4 is 14.8 Å². The average Bonchev–Trinajstić information content (AvgIpc) is 2.59. The van der Waals surface area contributed by atoms with E-state index >= 15 is 0 Å². The van der Waals surface area contributed by atoms with E-state index in [0.717, 1.165) is 18.4 Å². The van der Waals surface area contributed by atoms with E-state index in [1.165, 1.54) is 0 Å². The minimum Gasteiger partial charge on any atom is -0.482 e. The molecule has 158 valence electrons. The van der Waals surface area contributed by atoms with Crippen LogP contribution in [0.4, 0.5) is 5.69 Å². The first kappa shape index (κ1) is 22.6. The van der Waals surface area contributed by atoms with Crippen LogP contribution in [0.25, 0.3) is 0 Å². The van der Waals surface area contributed by atoms with Crippen molar-refractivity contribution in [3.63, 3.8) is 0 Å². The van der Waals surface area contributed by atoms with E-state index in [9.17, 15) is 13.2 Å². The lowest BCUT2D eigenvalue weighted by atomic mass is 10.1. The predicted octanol–water partition coefficient (Wildman–Crippen LogP) is 3.31. The third-order valence-electron chi connectivity index (χ3n) is 4.71. The maximum Gasteiger partial charge on any atom is 0.279 e. The van der Waals surface area contributed by atoms with E-state index in [2.05, 4.69) is 37.7 Å². The number of amides is 1. The van der Waals surface area contributed by atoms with Gasteiger partial charge in [-0.25, -0.2) is 0 Å². The molecule has 7 nitrogen and oxygen atoms in total. The maximum atomic E-state index is 13.0. The van der Waals surface area contributed by atoms with Gasteiger partial charge in [0.25, 0.3) is 16.1 Å². The number of nitrogens with one attached hydrogen (secondary N) is 2. The van der Waals surface area contributed by atoms with Crippen LogP contribution in [0, 0.1) is 11.8 Å². The Morgan fingerprint density at radius 2 is 1.71 bits per heavy atom. The van der Waals surface area contributed by atoms with E-state index in [-0.39, 0.29) is 12.5 Å². The molecule has 2 rings (SSSR count). The number of carbonyl (C=O) groups is 1. The molecule has 0 bridgehead atoms. The van der Waals surface area contributed by atoms with Crippen molar-refractivity contribution in [2.45, 2.75) is 53.5 Å². The standard InChI is InChI=1S/C20H33N3O4S/c1-14(2)8-10-23(11-9-15(3)4)28(25,26)22-16(5)17-6-7-19-18(12-17)21-20(24)13-27-19/h6-7,12,14-16,22H,8-11,13H2,1-5H3,(H,21,24). The minimum atomic E-state index is -3.63. The molecular weight excluding hydrogens is 378 g/mol. The number of fused-ring (bicyclic) bond motifs is 1. The van der Waals surface area contributed by atoms with E-state index in [1.54, 1.807) is 23.4 Å². The second-order valence-corrected chi connectivity index (χ2v) is 9.90. The lowest BCUT2D eigenvalue weighted by Gasteiger charge is -2.26. The first-order valence-corrected chi connectivity index (χ1v) is 11.4. The molecule has 0 aliphatic carbocycles. The van der Waals surface area contributed by atoms with Crippen LogP contribution >= 0.6 is 0 Å². The molecule has 28 heavy (non-hydrogen) atoms. The Bertz CT molecular complexity index is 766. The van der Waals surface area contributed by atoms with Crippen molar-refractivity contribution in [2.24, 2.45) is 11.8 Å². The number of nitrogens with zero attached hydrogens (tertiary/aromatic N) is 1. The fourth-order valence-electron chi connectivity index (χ4n) is 2.89. The van der Waals surface area contributed by atoms with Crippen LogP contribution in [-0.4, -0.2) is 38.3 Å². The minimum absolute atomic E-state index is 0.00477. The summed E-state index contributed by atoms with van der Waals surface area (Å²) in [5.41, 5.74) is 1.33. The van der Waals surface area contributed by atoms with Gasteiger partial charge >= 0.3 is 0 Å². The van der Waals surface area contributed by atoms with Crippen LogP contribution in [0.1, 0.15) is 59.1 Å². The lowest BCUT2D eigenvalue weighted by molar-refractivity contribution is -0.118. The molecule has 1 atom stereocenters. The van der Waals surface area contributed by atoms with Crippen LogP contribution in [0.3, 0.4) is 0 Å². The van der Waals surface area contributed by atoms with Crippen LogP contribution in [0.2, 0.25) is 0 Å². The van der Waals surface area contributed by atoms with Gasteiger partial charge in [0.1, 0.15) is 5.75 Å². The first-order valence-electron chi connectivity index (χ1n) is 9.92. The first-order chi connectivity index (χ1) is 13.1. The number of benzene rings is 1. The Hall–Kier alpha value is -1.64.